The second kappa shape index (κ2) is 7.65. The van der Waals surface area contributed by atoms with Crippen LogP contribution in [-0.4, -0.2) is 34.1 Å². The van der Waals surface area contributed by atoms with E-state index in [1.807, 2.05) is 12.1 Å². The number of aromatic nitrogens is 2. The zero-order valence-corrected chi connectivity index (χ0v) is 15.0. The lowest BCUT2D eigenvalue weighted by Crippen LogP contribution is -2.38. The largest absolute Gasteiger partial charge is 0.508 e. The van der Waals surface area contributed by atoms with Crippen LogP contribution in [0, 0.1) is 5.92 Å². The number of carbonyl (C=O) groups excluding carboxylic acids is 1. The molecule has 1 aliphatic rings. The summed E-state index contributed by atoms with van der Waals surface area (Å²) in [7, 11) is 0. The predicted molar refractivity (Wildman–Crippen MR) is 101 cm³/mol. The molecule has 2 N–H and O–H groups in total. The Labute approximate surface area is 157 Å². The van der Waals surface area contributed by atoms with Crippen LogP contribution in [0.2, 0.25) is 0 Å². The van der Waals surface area contributed by atoms with Crippen LogP contribution in [0.5, 0.6) is 5.75 Å². The van der Waals surface area contributed by atoms with Crippen LogP contribution in [0.4, 0.5) is 6.01 Å². The van der Waals surface area contributed by atoms with E-state index in [9.17, 15) is 9.90 Å². The molecule has 7 nitrogen and oxygen atoms in total. The summed E-state index contributed by atoms with van der Waals surface area (Å²) in [6, 6.07) is 11.1. The first-order valence-electron chi connectivity index (χ1n) is 9.18. The number of hydrogen-bond donors (Lipinski definition) is 2. The zero-order chi connectivity index (χ0) is 18.6. The normalized spacial score (nSPS) is 17.2. The predicted octanol–water partition coefficient (Wildman–Crippen LogP) is 2.85. The number of oxazole rings is 1. The van der Waals surface area contributed by atoms with E-state index in [4.69, 9.17) is 4.42 Å². The minimum atomic E-state index is 0.0363. The SMILES string of the molecule is O=C(CC1CCCN(c2nc3ncccc3o2)C1)NCc1ccc(O)cc1. The Morgan fingerprint density at radius 3 is 2.96 bits per heavy atom. The van der Waals surface area contributed by atoms with Crippen molar-refractivity contribution < 1.29 is 14.3 Å². The number of piperidine rings is 1. The highest BCUT2D eigenvalue weighted by molar-refractivity contribution is 5.76. The number of carbonyl (C=O) groups is 1. The second-order valence-corrected chi connectivity index (χ2v) is 6.92. The van der Waals surface area contributed by atoms with Gasteiger partial charge in [0.15, 0.2) is 5.58 Å². The third-order valence-electron chi connectivity index (χ3n) is 4.84. The standard InChI is InChI=1S/C20H22N4O3/c25-16-7-5-14(6-8-16)12-22-18(26)11-15-3-2-10-24(13-15)20-23-19-17(27-20)4-1-9-21-19/h1,4-9,15,25H,2-3,10-13H2,(H,22,26). The van der Waals surface area contributed by atoms with Crippen molar-refractivity contribution in [2.24, 2.45) is 5.92 Å². The van der Waals surface area contributed by atoms with Crippen LogP contribution < -0.4 is 10.2 Å². The van der Waals surface area contributed by atoms with E-state index in [1.54, 1.807) is 30.5 Å². The first kappa shape index (κ1) is 17.3. The van der Waals surface area contributed by atoms with Crippen LogP contribution in [0.15, 0.2) is 47.0 Å². The van der Waals surface area contributed by atoms with Gasteiger partial charge in [0.1, 0.15) is 5.75 Å². The van der Waals surface area contributed by atoms with Gasteiger partial charge in [0, 0.05) is 32.3 Å². The minimum absolute atomic E-state index is 0.0363. The Morgan fingerprint density at radius 1 is 1.30 bits per heavy atom. The van der Waals surface area contributed by atoms with Crippen molar-refractivity contribution in [2.45, 2.75) is 25.8 Å². The molecular weight excluding hydrogens is 344 g/mol. The molecule has 0 bridgehead atoms. The highest BCUT2D eigenvalue weighted by atomic mass is 16.4. The van der Waals surface area contributed by atoms with Gasteiger partial charge in [-0.05, 0) is 48.6 Å². The van der Waals surface area contributed by atoms with Crippen LogP contribution in [0.3, 0.4) is 0 Å². The molecule has 3 heterocycles. The van der Waals surface area contributed by atoms with Crippen molar-refractivity contribution in [1.29, 1.82) is 0 Å². The lowest BCUT2D eigenvalue weighted by Gasteiger charge is -2.31. The number of hydrogen-bond acceptors (Lipinski definition) is 6. The number of fused-ring (bicyclic) bond motifs is 1. The fourth-order valence-electron chi connectivity index (χ4n) is 3.45. The monoisotopic (exact) mass is 366 g/mol. The number of phenols is 1. The van der Waals surface area contributed by atoms with Crippen molar-refractivity contribution in [3.05, 3.63) is 48.2 Å². The Balaban J connectivity index is 1.32. The van der Waals surface area contributed by atoms with E-state index in [1.165, 1.54) is 0 Å². The average molecular weight is 366 g/mol. The number of nitrogens with one attached hydrogen (secondary N) is 1. The maximum absolute atomic E-state index is 12.3. The van der Waals surface area contributed by atoms with Crippen molar-refractivity contribution in [1.82, 2.24) is 15.3 Å². The number of benzene rings is 1. The molecule has 4 rings (SSSR count). The maximum atomic E-state index is 12.3. The van der Waals surface area contributed by atoms with Gasteiger partial charge < -0.3 is 19.7 Å². The molecule has 0 radical (unpaired) electrons. The molecule has 1 amide bonds. The molecule has 1 fully saturated rings. The molecule has 1 aromatic carbocycles. The number of rotatable bonds is 5. The molecular formula is C20H22N4O3. The third-order valence-corrected chi connectivity index (χ3v) is 4.84. The first-order chi connectivity index (χ1) is 13.2. The highest BCUT2D eigenvalue weighted by Gasteiger charge is 2.25. The van der Waals surface area contributed by atoms with E-state index in [0.29, 0.717) is 30.2 Å². The van der Waals surface area contributed by atoms with Crippen molar-refractivity contribution in [3.63, 3.8) is 0 Å². The molecule has 1 atom stereocenters. The van der Waals surface area contributed by atoms with Gasteiger partial charge in [-0.2, -0.15) is 4.98 Å². The fourth-order valence-corrected chi connectivity index (χ4v) is 3.45. The quantitative estimate of drug-likeness (QED) is 0.721. The smallest absolute Gasteiger partial charge is 0.299 e. The van der Waals surface area contributed by atoms with E-state index < -0.39 is 0 Å². The van der Waals surface area contributed by atoms with Crippen molar-refractivity contribution in [3.8, 4) is 5.75 Å². The summed E-state index contributed by atoms with van der Waals surface area (Å²) in [5, 5.41) is 12.3. The van der Waals surface area contributed by atoms with Gasteiger partial charge in [0.05, 0.1) is 0 Å². The number of pyridine rings is 1. The summed E-state index contributed by atoms with van der Waals surface area (Å²) < 4.78 is 5.81. The molecule has 1 aliphatic heterocycles. The van der Waals surface area contributed by atoms with Gasteiger partial charge in [-0.25, -0.2) is 4.98 Å². The first-order valence-corrected chi connectivity index (χ1v) is 9.18. The Hall–Kier alpha value is -3.09. The van der Waals surface area contributed by atoms with E-state index in [-0.39, 0.29) is 17.6 Å². The summed E-state index contributed by atoms with van der Waals surface area (Å²) in [5.41, 5.74) is 2.26. The lowest BCUT2D eigenvalue weighted by molar-refractivity contribution is -0.122. The molecule has 1 saturated heterocycles. The minimum Gasteiger partial charge on any atom is -0.508 e. The molecule has 140 valence electrons. The van der Waals surface area contributed by atoms with Gasteiger partial charge in [0.25, 0.3) is 6.01 Å². The molecule has 7 heteroatoms. The number of nitrogens with zero attached hydrogens (tertiary/aromatic N) is 3. The summed E-state index contributed by atoms with van der Waals surface area (Å²) >= 11 is 0. The van der Waals surface area contributed by atoms with E-state index in [2.05, 4.69) is 20.2 Å². The van der Waals surface area contributed by atoms with Gasteiger partial charge in [-0.3, -0.25) is 4.79 Å². The molecule has 0 aliphatic carbocycles. The fraction of sp³-hybridized carbons (Fsp3) is 0.350. The summed E-state index contributed by atoms with van der Waals surface area (Å²) in [6.45, 7) is 2.09. The van der Waals surface area contributed by atoms with E-state index in [0.717, 1.165) is 31.5 Å². The maximum Gasteiger partial charge on any atom is 0.299 e. The number of anilines is 1. The van der Waals surface area contributed by atoms with Crippen LogP contribution >= 0.6 is 0 Å². The van der Waals surface area contributed by atoms with Crippen LogP contribution in [-0.2, 0) is 11.3 Å². The summed E-state index contributed by atoms with van der Waals surface area (Å²) in [6.07, 6.45) is 4.20. The van der Waals surface area contributed by atoms with Gasteiger partial charge in [-0.1, -0.05) is 12.1 Å². The number of amides is 1. The summed E-state index contributed by atoms with van der Waals surface area (Å²) in [5.74, 6) is 0.525. The average Bonchev–Trinajstić information content (AvgIpc) is 3.12. The molecule has 1 unspecified atom stereocenters. The molecule has 2 aromatic heterocycles. The van der Waals surface area contributed by atoms with Crippen molar-refractivity contribution >= 4 is 23.2 Å². The molecule has 0 spiro atoms. The Bertz CT molecular complexity index is 889. The van der Waals surface area contributed by atoms with Crippen molar-refractivity contribution in [2.75, 3.05) is 18.0 Å². The highest BCUT2D eigenvalue weighted by Crippen LogP contribution is 2.26. The zero-order valence-electron chi connectivity index (χ0n) is 15.0. The molecule has 0 saturated carbocycles. The number of aromatic hydroxyl groups is 1. The van der Waals surface area contributed by atoms with Gasteiger partial charge >= 0.3 is 0 Å². The van der Waals surface area contributed by atoms with Crippen LogP contribution in [0.1, 0.15) is 24.8 Å². The lowest BCUT2D eigenvalue weighted by atomic mass is 9.94. The molecule has 3 aromatic rings. The number of phenolic OH excluding ortho intramolecular Hbond substituents is 1. The van der Waals surface area contributed by atoms with Crippen LogP contribution in [0.25, 0.3) is 11.2 Å². The Kier molecular flexibility index (Phi) is 4.91. The third kappa shape index (κ3) is 4.19. The Morgan fingerprint density at radius 2 is 2.15 bits per heavy atom. The topological polar surface area (TPSA) is 91.5 Å². The second-order valence-electron chi connectivity index (χ2n) is 6.92. The molecule has 27 heavy (non-hydrogen) atoms. The summed E-state index contributed by atoms with van der Waals surface area (Å²) in [4.78, 5) is 23.1. The van der Waals surface area contributed by atoms with Gasteiger partial charge in [0.2, 0.25) is 11.6 Å². The van der Waals surface area contributed by atoms with Gasteiger partial charge in [-0.15, -0.1) is 0 Å². The van der Waals surface area contributed by atoms with E-state index >= 15 is 0 Å².